The highest BCUT2D eigenvalue weighted by molar-refractivity contribution is 5.96. The molecule has 1 N–H and O–H groups in total. The summed E-state index contributed by atoms with van der Waals surface area (Å²) >= 11 is 0. The molecule has 0 atom stereocenters. The number of aromatic amines is 1. The van der Waals surface area contributed by atoms with Crippen LogP contribution in [0.3, 0.4) is 0 Å². The highest BCUT2D eigenvalue weighted by atomic mass is 16.5. The largest absolute Gasteiger partial charge is 0.371 e. The lowest BCUT2D eigenvalue weighted by Gasteiger charge is -2.48. The molecule has 1 spiro atoms. The van der Waals surface area contributed by atoms with Crippen molar-refractivity contribution in [3.05, 3.63) is 38.7 Å². The number of pyridine rings is 1. The first-order chi connectivity index (χ1) is 12.6. The van der Waals surface area contributed by atoms with Crippen LogP contribution in [-0.2, 0) is 4.74 Å². The monoisotopic (exact) mass is 356 g/mol. The molecule has 8 nitrogen and oxygen atoms in total. The van der Waals surface area contributed by atoms with Crippen molar-refractivity contribution in [2.75, 3.05) is 19.7 Å². The third-order valence-corrected chi connectivity index (χ3v) is 5.74. The molecule has 0 aromatic carbocycles. The number of hydrogen-bond acceptors (Lipinski definition) is 5. The van der Waals surface area contributed by atoms with Gasteiger partial charge in [0.25, 0.3) is 11.5 Å². The molecule has 136 valence electrons. The van der Waals surface area contributed by atoms with Crippen LogP contribution < -0.4 is 11.2 Å². The standard InChI is InChI=1S/C18H20N4O4/c23-15-13-8-11(9-19-14(13)22(12-2-3-12)17(25)20-15)16(24)21-6-7-26-18(10-21)4-1-5-18/h8-9,12H,1-7,10H2,(H,20,23,25). The van der Waals surface area contributed by atoms with E-state index in [0.29, 0.717) is 30.9 Å². The summed E-state index contributed by atoms with van der Waals surface area (Å²) in [4.78, 5) is 45.7. The Labute approximate surface area is 148 Å². The van der Waals surface area contributed by atoms with Crippen molar-refractivity contribution >= 4 is 16.9 Å². The van der Waals surface area contributed by atoms with Crippen LogP contribution in [0.4, 0.5) is 0 Å². The predicted molar refractivity (Wildman–Crippen MR) is 93.3 cm³/mol. The number of carbonyl (C=O) groups is 1. The number of rotatable bonds is 2. The Hall–Kier alpha value is -2.48. The normalized spacial score (nSPS) is 21.8. The Morgan fingerprint density at radius 1 is 1.31 bits per heavy atom. The topological polar surface area (TPSA) is 97.3 Å². The van der Waals surface area contributed by atoms with Gasteiger partial charge in [-0.1, -0.05) is 0 Å². The van der Waals surface area contributed by atoms with Crippen LogP contribution in [0.25, 0.3) is 11.0 Å². The average Bonchev–Trinajstić information content (AvgIpc) is 3.44. The Balaban J connectivity index is 1.52. The van der Waals surface area contributed by atoms with Crippen LogP contribution in [0, 0.1) is 0 Å². The lowest BCUT2D eigenvalue weighted by molar-refractivity contribution is -0.142. The third-order valence-electron chi connectivity index (χ3n) is 5.74. The van der Waals surface area contributed by atoms with E-state index in [1.165, 1.54) is 10.8 Å². The van der Waals surface area contributed by atoms with E-state index in [-0.39, 0.29) is 22.9 Å². The number of ether oxygens (including phenoxy) is 1. The van der Waals surface area contributed by atoms with E-state index in [0.717, 1.165) is 32.1 Å². The number of fused-ring (bicyclic) bond motifs is 1. The van der Waals surface area contributed by atoms with Gasteiger partial charge in [0, 0.05) is 18.8 Å². The second-order valence-electron chi connectivity index (χ2n) is 7.57. The smallest absolute Gasteiger partial charge is 0.330 e. The number of nitrogens with zero attached hydrogens (tertiary/aromatic N) is 3. The predicted octanol–water partition coefficient (Wildman–Crippen LogP) is 0.815. The SMILES string of the molecule is O=C(c1cnc2c(c1)c(=O)[nH]c(=O)n2C1CC1)N1CCOC2(CCC2)C1. The summed E-state index contributed by atoms with van der Waals surface area (Å²) in [7, 11) is 0. The molecule has 1 saturated heterocycles. The molecule has 3 heterocycles. The third kappa shape index (κ3) is 2.39. The molecule has 3 fully saturated rings. The van der Waals surface area contributed by atoms with Crippen molar-refractivity contribution in [2.24, 2.45) is 0 Å². The summed E-state index contributed by atoms with van der Waals surface area (Å²) in [6, 6.07) is 1.65. The fourth-order valence-electron chi connectivity index (χ4n) is 4.00. The lowest BCUT2D eigenvalue weighted by atomic mass is 9.79. The van der Waals surface area contributed by atoms with E-state index in [4.69, 9.17) is 4.74 Å². The van der Waals surface area contributed by atoms with E-state index < -0.39 is 11.2 Å². The molecule has 0 unspecified atom stereocenters. The van der Waals surface area contributed by atoms with Gasteiger partial charge in [0.15, 0.2) is 0 Å². The van der Waals surface area contributed by atoms with Crippen LogP contribution in [0.5, 0.6) is 0 Å². The molecule has 2 aromatic heterocycles. The summed E-state index contributed by atoms with van der Waals surface area (Å²) in [5.41, 5.74) is -0.379. The zero-order valence-corrected chi connectivity index (χ0v) is 14.4. The number of H-pyrrole nitrogens is 1. The Morgan fingerprint density at radius 2 is 2.12 bits per heavy atom. The molecule has 2 aliphatic carbocycles. The van der Waals surface area contributed by atoms with Gasteiger partial charge in [-0.3, -0.25) is 19.1 Å². The molecule has 1 aliphatic heterocycles. The number of amides is 1. The molecule has 5 rings (SSSR count). The molecular formula is C18H20N4O4. The second kappa shape index (κ2) is 5.51. The van der Waals surface area contributed by atoms with Gasteiger partial charge in [0.1, 0.15) is 5.65 Å². The Bertz CT molecular complexity index is 1020. The zero-order chi connectivity index (χ0) is 17.9. The molecule has 8 heteroatoms. The highest BCUT2D eigenvalue weighted by Gasteiger charge is 2.43. The van der Waals surface area contributed by atoms with Crippen LogP contribution in [0.1, 0.15) is 48.5 Å². The summed E-state index contributed by atoms with van der Waals surface area (Å²) in [6.45, 7) is 1.66. The molecule has 2 aromatic rings. The molecule has 0 bridgehead atoms. The van der Waals surface area contributed by atoms with Gasteiger partial charge in [-0.05, 0) is 38.2 Å². The minimum absolute atomic E-state index is 0.0913. The summed E-state index contributed by atoms with van der Waals surface area (Å²) in [5.74, 6) is -0.141. The van der Waals surface area contributed by atoms with Crippen molar-refractivity contribution in [2.45, 2.75) is 43.7 Å². The Morgan fingerprint density at radius 3 is 2.81 bits per heavy atom. The van der Waals surface area contributed by atoms with Crippen LogP contribution >= 0.6 is 0 Å². The Kier molecular flexibility index (Phi) is 3.34. The van der Waals surface area contributed by atoms with Gasteiger partial charge >= 0.3 is 5.69 Å². The fraction of sp³-hybridized carbons (Fsp3) is 0.556. The van der Waals surface area contributed by atoms with Gasteiger partial charge in [0.05, 0.1) is 29.7 Å². The van der Waals surface area contributed by atoms with Crippen LogP contribution in [-0.4, -0.2) is 50.6 Å². The number of nitrogens with one attached hydrogen (secondary N) is 1. The average molecular weight is 356 g/mol. The summed E-state index contributed by atoms with van der Waals surface area (Å²) in [5, 5.41) is 0.286. The maximum Gasteiger partial charge on any atom is 0.330 e. The van der Waals surface area contributed by atoms with Gasteiger partial charge in [-0.25, -0.2) is 9.78 Å². The maximum absolute atomic E-state index is 12.9. The minimum atomic E-state index is -0.499. The number of morpholine rings is 1. The first kappa shape index (κ1) is 15.7. The molecular weight excluding hydrogens is 336 g/mol. The van der Waals surface area contributed by atoms with Gasteiger partial charge in [0.2, 0.25) is 0 Å². The van der Waals surface area contributed by atoms with Crippen molar-refractivity contribution in [3.63, 3.8) is 0 Å². The second-order valence-corrected chi connectivity index (χ2v) is 7.57. The first-order valence-corrected chi connectivity index (χ1v) is 9.14. The highest BCUT2D eigenvalue weighted by Crippen LogP contribution is 2.38. The number of carbonyl (C=O) groups excluding carboxylic acids is 1. The van der Waals surface area contributed by atoms with Crippen molar-refractivity contribution < 1.29 is 9.53 Å². The van der Waals surface area contributed by atoms with Crippen molar-refractivity contribution in [3.8, 4) is 0 Å². The van der Waals surface area contributed by atoms with E-state index in [1.807, 2.05) is 0 Å². The summed E-state index contributed by atoms with van der Waals surface area (Å²) < 4.78 is 7.40. The minimum Gasteiger partial charge on any atom is -0.371 e. The quantitative estimate of drug-likeness (QED) is 0.859. The van der Waals surface area contributed by atoms with E-state index in [1.54, 1.807) is 11.0 Å². The van der Waals surface area contributed by atoms with Crippen molar-refractivity contribution in [1.82, 2.24) is 19.4 Å². The molecule has 26 heavy (non-hydrogen) atoms. The van der Waals surface area contributed by atoms with E-state index in [9.17, 15) is 14.4 Å². The number of aromatic nitrogens is 3. The first-order valence-electron chi connectivity index (χ1n) is 9.14. The molecule has 0 radical (unpaired) electrons. The van der Waals surface area contributed by atoms with E-state index >= 15 is 0 Å². The summed E-state index contributed by atoms with van der Waals surface area (Å²) in [6.07, 6.45) is 6.39. The van der Waals surface area contributed by atoms with Gasteiger partial charge < -0.3 is 9.64 Å². The zero-order valence-electron chi connectivity index (χ0n) is 14.4. The van der Waals surface area contributed by atoms with Crippen LogP contribution in [0.2, 0.25) is 0 Å². The van der Waals surface area contributed by atoms with Crippen LogP contribution in [0.15, 0.2) is 21.9 Å². The van der Waals surface area contributed by atoms with Gasteiger partial charge in [-0.2, -0.15) is 0 Å². The fourth-order valence-corrected chi connectivity index (χ4v) is 4.00. The molecule has 3 aliphatic rings. The van der Waals surface area contributed by atoms with Gasteiger partial charge in [-0.15, -0.1) is 0 Å². The number of hydrogen-bond donors (Lipinski definition) is 1. The van der Waals surface area contributed by atoms with E-state index in [2.05, 4.69) is 9.97 Å². The molecule has 1 amide bonds. The molecule has 2 saturated carbocycles. The maximum atomic E-state index is 12.9. The van der Waals surface area contributed by atoms with Crippen molar-refractivity contribution in [1.29, 1.82) is 0 Å². The lowest BCUT2D eigenvalue weighted by Crippen LogP contribution is -2.57.